The molecule has 0 spiro atoms. The third-order valence-electron chi connectivity index (χ3n) is 6.61. The maximum Gasteiger partial charge on any atom is 0.259 e. The summed E-state index contributed by atoms with van der Waals surface area (Å²) >= 11 is 5.86. The fraction of sp³-hybridized carbons (Fsp3) is 0.321. The van der Waals surface area contributed by atoms with Gasteiger partial charge in [0.05, 0.1) is 35.1 Å². The van der Waals surface area contributed by atoms with Crippen molar-refractivity contribution in [2.24, 2.45) is 0 Å². The number of morpholine rings is 1. The van der Waals surface area contributed by atoms with Gasteiger partial charge < -0.3 is 30.3 Å². The minimum atomic E-state index is -0.631. The summed E-state index contributed by atoms with van der Waals surface area (Å²) in [5.74, 6) is -1.03. The summed E-state index contributed by atoms with van der Waals surface area (Å²) in [6, 6.07) is 12.2. The standard InChI is InChI=1S/C28H29ClFN5O4/c29-18-1-6-26(32-17-18)34-28(37)23-15-19(30)2-5-24(23)33-27(36)22-4-3-20(35-11-13-38-14-12-35)16-25(22)39-21-7-9-31-10-8-21/h1-6,15-17,21,31H,7-14H2,(H,33,36)(H,32,34,37). The van der Waals surface area contributed by atoms with Crippen molar-refractivity contribution in [2.45, 2.75) is 18.9 Å². The molecular formula is C28H29ClFN5O4. The lowest BCUT2D eigenvalue weighted by Gasteiger charge is -2.30. The molecule has 0 aliphatic carbocycles. The van der Waals surface area contributed by atoms with Crippen molar-refractivity contribution in [2.75, 3.05) is 54.9 Å². The van der Waals surface area contributed by atoms with Crippen LogP contribution >= 0.6 is 11.6 Å². The second kappa shape index (κ2) is 12.4. The maximum absolute atomic E-state index is 14.1. The van der Waals surface area contributed by atoms with Gasteiger partial charge in [-0.1, -0.05) is 11.6 Å². The highest BCUT2D eigenvalue weighted by atomic mass is 35.5. The van der Waals surface area contributed by atoms with Crippen LogP contribution in [0.15, 0.2) is 54.7 Å². The van der Waals surface area contributed by atoms with E-state index in [9.17, 15) is 14.0 Å². The molecule has 204 valence electrons. The van der Waals surface area contributed by atoms with Gasteiger partial charge >= 0.3 is 0 Å². The van der Waals surface area contributed by atoms with E-state index in [4.69, 9.17) is 21.1 Å². The van der Waals surface area contributed by atoms with Crippen LogP contribution in [-0.4, -0.2) is 62.3 Å². The van der Waals surface area contributed by atoms with E-state index in [1.807, 2.05) is 12.1 Å². The van der Waals surface area contributed by atoms with Crippen LogP contribution in [0.1, 0.15) is 33.6 Å². The molecule has 39 heavy (non-hydrogen) atoms. The summed E-state index contributed by atoms with van der Waals surface area (Å²) in [5, 5.41) is 9.10. The molecule has 9 nitrogen and oxygen atoms in total. The third-order valence-corrected chi connectivity index (χ3v) is 6.83. The minimum Gasteiger partial charge on any atom is -0.489 e. The molecule has 3 aromatic rings. The monoisotopic (exact) mass is 553 g/mol. The Morgan fingerprint density at radius 3 is 2.51 bits per heavy atom. The van der Waals surface area contributed by atoms with Crippen molar-refractivity contribution in [3.63, 3.8) is 0 Å². The van der Waals surface area contributed by atoms with Crippen LogP contribution in [0, 0.1) is 5.82 Å². The summed E-state index contributed by atoms with van der Waals surface area (Å²) in [4.78, 5) is 32.7. The number of nitrogens with one attached hydrogen (secondary N) is 3. The molecule has 2 aliphatic heterocycles. The van der Waals surface area contributed by atoms with Crippen LogP contribution in [0.3, 0.4) is 0 Å². The van der Waals surface area contributed by atoms with Gasteiger partial charge in [-0.2, -0.15) is 0 Å². The Balaban J connectivity index is 1.40. The van der Waals surface area contributed by atoms with Gasteiger partial charge in [-0.25, -0.2) is 9.37 Å². The summed E-state index contributed by atoms with van der Waals surface area (Å²) in [5.41, 5.74) is 1.36. The van der Waals surface area contributed by atoms with Crippen molar-refractivity contribution >= 4 is 40.6 Å². The second-order valence-corrected chi connectivity index (χ2v) is 9.74. The molecule has 3 N–H and O–H groups in total. The number of anilines is 3. The molecule has 1 aromatic heterocycles. The normalized spacial score (nSPS) is 16.0. The topological polar surface area (TPSA) is 105 Å². The lowest BCUT2D eigenvalue weighted by atomic mass is 10.1. The van der Waals surface area contributed by atoms with E-state index in [1.54, 1.807) is 12.1 Å². The Morgan fingerprint density at radius 1 is 1.00 bits per heavy atom. The minimum absolute atomic E-state index is 0.0308. The molecule has 0 radical (unpaired) electrons. The Hall–Kier alpha value is -3.73. The van der Waals surface area contributed by atoms with E-state index in [1.165, 1.54) is 24.4 Å². The van der Waals surface area contributed by atoms with Crippen LogP contribution in [0.2, 0.25) is 5.02 Å². The third kappa shape index (κ3) is 6.83. The number of benzene rings is 2. The van der Waals surface area contributed by atoms with Gasteiger partial charge in [0.2, 0.25) is 0 Å². The lowest BCUT2D eigenvalue weighted by Crippen LogP contribution is -2.36. The Labute approximate surface area is 230 Å². The van der Waals surface area contributed by atoms with Gasteiger partial charge in [-0.05, 0) is 68.4 Å². The highest BCUT2D eigenvalue weighted by Crippen LogP contribution is 2.30. The van der Waals surface area contributed by atoms with Crippen LogP contribution in [0.25, 0.3) is 0 Å². The molecule has 11 heteroatoms. The number of carbonyl (C=O) groups is 2. The molecule has 2 aromatic carbocycles. The first-order valence-electron chi connectivity index (χ1n) is 12.8. The zero-order valence-corrected chi connectivity index (χ0v) is 22.0. The van der Waals surface area contributed by atoms with Gasteiger partial charge in [0.15, 0.2) is 0 Å². The van der Waals surface area contributed by atoms with Crippen molar-refractivity contribution < 1.29 is 23.5 Å². The largest absolute Gasteiger partial charge is 0.489 e. The molecule has 0 saturated carbocycles. The number of carbonyl (C=O) groups excluding carboxylic acids is 2. The molecule has 5 rings (SSSR count). The van der Waals surface area contributed by atoms with Crippen LogP contribution in [-0.2, 0) is 4.74 Å². The number of amides is 2. The average Bonchev–Trinajstić information content (AvgIpc) is 2.96. The zero-order valence-electron chi connectivity index (χ0n) is 21.2. The van der Waals surface area contributed by atoms with E-state index in [2.05, 4.69) is 25.8 Å². The molecule has 2 fully saturated rings. The Bertz CT molecular complexity index is 1330. The Kier molecular flexibility index (Phi) is 8.55. The van der Waals surface area contributed by atoms with Gasteiger partial charge in [0.1, 0.15) is 23.5 Å². The number of aromatic nitrogens is 1. The summed E-state index contributed by atoms with van der Waals surface area (Å²) in [7, 11) is 0. The van der Waals surface area contributed by atoms with Crippen LogP contribution < -0.4 is 25.6 Å². The molecule has 0 atom stereocenters. The van der Waals surface area contributed by atoms with E-state index >= 15 is 0 Å². The maximum atomic E-state index is 14.1. The number of halogens is 2. The van der Waals surface area contributed by atoms with Crippen LogP contribution in [0.4, 0.5) is 21.6 Å². The molecule has 3 heterocycles. The first-order chi connectivity index (χ1) is 19.0. The van der Waals surface area contributed by atoms with Crippen molar-refractivity contribution in [1.82, 2.24) is 10.3 Å². The van der Waals surface area contributed by atoms with Crippen molar-refractivity contribution in [1.29, 1.82) is 0 Å². The number of hydrogen-bond acceptors (Lipinski definition) is 7. The number of ether oxygens (including phenoxy) is 2. The number of rotatable bonds is 7. The summed E-state index contributed by atoms with van der Waals surface area (Å²) < 4.78 is 26.0. The van der Waals surface area contributed by atoms with Crippen molar-refractivity contribution in [3.05, 3.63) is 76.7 Å². The average molecular weight is 554 g/mol. The fourth-order valence-corrected chi connectivity index (χ4v) is 4.66. The Morgan fingerprint density at radius 2 is 1.77 bits per heavy atom. The quantitative estimate of drug-likeness (QED) is 0.399. The first-order valence-corrected chi connectivity index (χ1v) is 13.2. The van der Waals surface area contributed by atoms with Gasteiger partial charge in [0, 0.05) is 31.0 Å². The number of nitrogens with zero attached hydrogens (tertiary/aromatic N) is 2. The van der Waals surface area contributed by atoms with Gasteiger partial charge in [-0.3, -0.25) is 9.59 Å². The molecule has 0 unspecified atom stereocenters. The summed E-state index contributed by atoms with van der Waals surface area (Å²) in [6.45, 7) is 4.43. The van der Waals surface area contributed by atoms with E-state index in [-0.39, 0.29) is 23.2 Å². The van der Waals surface area contributed by atoms with Crippen LogP contribution in [0.5, 0.6) is 5.75 Å². The fourth-order valence-electron chi connectivity index (χ4n) is 4.54. The first kappa shape index (κ1) is 26.9. The summed E-state index contributed by atoms with van der Waals surface area (Å²) in [6.07, 6.45) is 3.00. The second-order valence-electron chi connectivity index (χ2n) is 9.31. The molecule has 2 aliphatic rings. The number of hydrogen-bond donors (Lipinski definition) is 3. The SMILES string of the molecule is O=C(Nc1ccc(Cl)cn1)c1cc(F)ccc1NC(=O)c1ccc(N2CCOCC2)cc1OC1CCNCC1. The number of piperidine rings is 1. The predicted molar refractivity (Wildman–Crippen MR) is 148 cm³/mol. The van der Waals surface area contributed by atoms with Gasteiger partial charge in [0.25, 0.3) is 11.8 Å². The molecule has 2 amide bonds. The number of pyridine rings is 1. The zero-order chi connectivity index (χ0) is 27.2. The highest BCUT2D eigenvalue weighted by Gasteiger charge is 2.23. The van der Waals surface area contributed by atoms with E-state index in [0.29, 0.717) is 29.5 Å². The van der Waals surface area contributed by atoms with Crippen molar-refractivity contribution in [3.8, 4) is 5.75 Å². The van der Waals surface area contributed by atoms with E-state index in [0.717, 1.165) is 50.8 Å². The van der Waals surface area contributed by atoms with Gasteiger partial charge in [-0.15, -0.1) is 0 Å². The smallest absolute Gasteiger partial charge is 0.259 e. The molecular weight excluding hydrogens is 525 g/mol. The predicted octanol–water partition coefficient (Wildman–Crippen LogP) is 4.35. The van der Waals surface area contributed by atoms with E-state index < -0.39 is 17.6 Å². The molecule has 2 saturated heterocycles. The highest BCUT2D eigenvalue weighted by molar-refractivity contribution is 6.30. The molecule has 0 bridgehead atoms. The lowest BCUT2D eigenvalue weighted by molar-refractivity contribution is 0.101.